The molecular formula is C12H13Cl2N3O. The topological polar surface area (TPSA) is 60.9 Å². The van der Waals surface area contributed by atoms with E-state index in [1.807, 2.05) is 0 Å². The molecule has 0 aliphatic rings. The number of aromatic amines is 1. The monoisotopic (exact) mass is 285 g/mol. The summed E-state index contributed by atoms with van der Waals surface area (Å²) in [4.78, 5) is 6.96. The first kappa shape index (κ1) is 13.2. The van der Waals surface area contributed by atoms with E-state index >= 15 is 0 Å². The maximum absolute atomic E-state index is 9.76. The van der Waals surface area contributed by atoms with Gasteiger partial charge in [-0.3, -0.25) is 0 Å². The zero-order chi connectivity index (χ0) is 13.0. The molecule has 3 N–H and O–H groups in total. The van der Waals surface area contributed by atoms with Crippen molar-refractivity contribution < 1.29 is 5.11 Å². The van der Waals surface area contributed by atoms with E-state index in [0.717, 1.165) is 18.7 Å². The number of rotatable bonds is 5. The highest BCUT2D eigenvalue weighted by Gasteiger charge is 2.07. The van der Waals surface area contributed by atoms with E-state index in [0.29, 0.717) is 17.1 Å². The van der Waals surface area contributed by atoms with E-state index in [-0.39, 0.29) is 10.8 Å². The van der Waals surface area contributed by atoms with E-state index in [1.165, 1.54) is 6.07 Å². The van der Waals surface area contributed by atoms with Crippen LogP contribution in [0, 0.1) is 0 Å². The number of phenols is 1. The molecule has 96 valence electrons. The van der Waals surface area contributed by atoms with Crippen LogP contribution in [0.15, 0.2) is 24.7 Å². The Kier molecular flexibility index (Phi) is 4.47. The molecule has 1 aromatic heterocycles. The fourth-order valence-electron chi connectivity index (χ4n) is 1.62. The normalized spacial score (nSPS) is 10.8. The second-order valence-electron chi connectivity index (χ2n) is 3.90. The summed E-state index contributed by atoms with van der Waals surface area (Å²) >= 11 is 11.7. The molecule has 0 atom stereocenters. The molecule has 0 bridgehead atoms. The van der Waals surface area contributed by atoms with Crippen molar-refractivity contribution >= 4 is 23.2 Å². The number of aromatic hydroxyl groups is 1. The molecule has 0 fully saturated rings. The number of hydrogen-bond acceptors (Lipinski definition) is 3. The van der Waals surface area contributed by atoms with Gasteiger partial charge in [-0.15, -0.1) is 0 Å². The molecule has 2 rings (SSSR count). The minimum Gasteiger partial charge on any atom is -0.506 e. The number of halogens is 2. The number of nitrogens with one attached hydrogen (secondary N) is 2. The zero-order valence-electron chi connectivity index (χ0n) is 9.58. The van der Waals surface area contributed by atoms with Gasteiger partial charge >= 0.3 is 0 Å². The van der Waals surface area contributed by atoms with Crippen LogP contribution in [-0.2, 0) is 13.0 Å². The number of nitrogens with zero attached hydrogens (tertiary/aromatic N) is 1. The summed E-state index contributed by atoms with van der Waals surface area (Å²) in [5.74, 6) is 0.0788. The highest BCUT2D eigenvalue weighted by Crippen LogP contribution is 2.30. The van der Waals surface area contributed by atoms with Gasteiger partial charge in [0, 0.05) is 42.0 Å². The van der Waals surface area contributed by atoms with E-state index < -0.39 is 0 Å². The Morgan fingerprint density at radius 1 is 1.33 bits per heavy atom. The first-order valence-corrected chi connectivity index (χ1v) is 6.27. The van der Waals surface area contributed by atoms with E-state index in [2.05, 4.69) is 15.3 Å². The first-order valence-electron chi connectivity index (χ1n) is 5.51. The highest BCUT2D eigenvalue weighted by atomic mass is 35.5. The van der Waals surface area contributed by atoms with Crippen molar-refractivity contribution in [2.24, 2.45) is 0 Å². The van der Waals surface area contributed by atoms with Crippen LogP contribution in [0.3, 0.4) is 0 Å². The van der Waals surface area contributed by atoms with Crippen LogP contribution >= 0.6 is 23.2 Å². The lowest BCUT2D eigenvalue weighted by Gasteiger charge is -2.08. The third kappa shape index (κ3) is 3.38. The van der Waals surface area contributed by atoms with Crippen LogP contribution in [0.1, 0.15) is 11.3 Å². The van der Waals surface area contributed by atoms with Crippen molar-refractivity contribution in [1.82, 2.24) is 15.3 Å². The summed E-state index contributed by atoms with van der Waals surface area (Å²) in [5.41, 5.74) is 1.76. The minimum atomic E-state index is 0.0788. The molecular weight excluding hydrogens is 273 g/mol. The van der Waals surface area contributed by atoms with Gasteiger partial charge in [0.1, 0.15) is 5.75 Å². The van der Waals surface area contributed by atoms with Gasteiger partial charge in [0.15, 0.2) is 0 Å². The van der Waals surface area contributed by atoms with Gasteiger partial charge in [0.25, 0.3) is 0 Å². The van der Waals surface area contributed by atoms with Crippen LogP contribution < -0.4 is 5.32 Å². The van der Waals surface area contributed by atoms with Crippen molar-refractivity contribution in [1.29, 1.82) is 0 Å². The Labute approximate surface area is 115 Å². The average molecular weight is 286 g/mol. The molecule has 1 heterocycles. The maximum atomic E-state index is 9.76. The molecule has 18 heavy (non-hydrogen) atoms. The Hall–Kier alpha value is -1.23. The number of phenolic OH excluding ortho intramolecular Hbond substituents is 1. The highest BCUT2D eigenvalue weighted by molar-refractivity contribution is 6.35. The van der Waals surface area contributed by atoms with Crippen molar-refractivity contribution in [3.63, 3.8) is 0 Å². The van der Waals surface area contributed by atoms with Gasteiger partial charge in [-0.2, -0.15) is 0 Å². The molecule has 6 heteroatoms. The summed E-state index contributed by atoms with van der Waals surface area (Å²) in [6.45, 7) is 1.28. The Morgan fingerprint density at radius 2 is 2.17 bits per heavy atom. The molecule has 0 aliphatic heterocycles. The molecule has 0 aliphatic carbocycles. The van der Waals surface area contributed by atoms with Gasteiger partial charge in [0.05, 0.1) is 11.3 Å². The summed E-state index contributed by atoms with van der Waals surface area (Å²) in [5, 5.41) is 13.8. The molecule has 0 unspecified atom stereocenters. The fourth-order valence-corrected chi connectivity index (χ4v) is 2.16. The first-order chi connectivity index (χ1) is 8.66. The number of imidazole rings is 1. The lowest BCUT2D eigenvalue weighted by Crippen LogP contribution is -2.16. The molecule has 0 radical (unpaired) electrons. The standard InChI is InChI=1S/C12H13Cl2N3O/c13-9-3-8(12(18)11(14)4-9)5-15-2-1-10-6-16-7-17-10/h3-4,6-7,15,18H,1-2,5H2,(H,16,17). The Bertz CT molecular complexity index is 514. The molecule has 0 saturated carbocycles. The minimum absolute atomic E-state index is 0.0788. The van der Waals surface area contributed by atoms with Crippen molar-refractivity contribution in [3.8, 4) is 5.75 Å². The van der Waals surface area contributed by atoms with Gasteiger partial charge in [-0.05, 0) is 12.1 Å². The largest absolute Gasteiger partial charge is 0.506 e. The van der Waals surface area contributed by atoms with Gasteiger partial charge in [-0.25, -0.2) is 4.98 Å². The summed E-state index contributed by atoms with van der Waals surface area (Å²) in [6, 6.07) is 3.22. The van der Waals surface area contributed by atoms with Crippen LogP contribution in [0.2, 0.25) is 10.0 Å². The quantitative estimate of drug-likeness (QED) is 0.741. The zero-order valence-corrected chi connectivity index (χ0v) is 11.1. The van der Waals surface area contributed by atoms with Crippen molar-refractivity contribution in [2.45, 2.75) is 13.0 Å². The second-order valence-corrected chi connectivity index (χ2v) is 4.74. The lowest BCUT2D eigenvalue weighted by atomic mass is 10.2. The predicted molar refractivity (Wildman–Crippen MR) is 72.1 cm³/mol. The van der Waals surface area contributed by atoms with E-state index in [1.54, 1.807) is 18.6 Å². The van der Waals surface area contributed by atoms with E-state index in [9.17, 15) is 5.11 Å². The van der Waals surface area contributed by atoms with Crippen molar-refractivity contribution in [2.75, 3.05) is 6.54 Å². The summed E-state index contributed by atoms with van der Waals surface area (Å²) in [7, 11) is 0. The van der Waals surface area contributed by atoms with Crippen LogP contribution in [0.5, 0.6) is 5.75 Å². The summed E-state index contributed by atoms with van der Waals surface area (Å²) < 4.78 is 0. The van der Waals surface area contributed by atoms with Crippen LogP contribution in [-0.4, -0.2) is 21.6 Å². The predicted octanol–water partition coefficient (Wildman–Crippen LogP) is 2.75. The lowest BCUT2D eigenvalue weighted by molar-refractivity contribution is 0.465. The fraction of sp³-hybridized carbons (Fsp3) is 0.250. The van der Waals surface area contributed by atoms with Gasteiger partial charge in [-0.1, -0.05) is 23.2 Å². The smallest absolute Gasteiger partial charge is 0.138 e. The van der Waals surface area contributed by atoms with Crippen LogP contribution in [0.25, 0.3) is 0 Å². The molecule has 0 amide bonds. The average Bonchev–Trinajstić information content (AvgIpc) is 2.83. The Morgan fingerprint density at radius 3 is 2.89 bits per heavy atom. The molecule has 1 aromatic carbocycles. The maximum Gasteiger partial charge on any atom is 0.138 e. The number of H-pyrrole nitrogens is 1. The summed E-state index contributed by atoms with van der Waals surface area (Å²) in [6.07, 6.45) is 4.28. The van der Waals surface area contributed by atoms with Crippen molar-refractivity contribution in [3.05, 3.63) is 46.0 Å². The third-order valence-corrected chi connectivity index (χ3v) is 3.05. The molecule has 4 nitrogen and oxygen atoms in total. The van der Waals surface area contributed by atoms with Gasteiger partial charge < -0.3 is 15.4 Å². The number of aromatic nitrogens is 2. The second kappa shape index (κ2) is 6.09. The number of hydrogen-bond donors (Lipinski definition) is 3. The third-order valence-electron chi connectivity index (χ3n) is 2.55. The van der Waals surface area contributed by atoms with E-state index in [4.69, 9.17) is 23.2 Å². The SMILES string of the molecule is Oc1c(Cl)cc(Cl)cc1CNCCc1cnc[nH]1. The number of benzene rings is 1. The molecule has 2 aromatic rings. The Balaban J connectivity index is 1.86. The molecule has 0 spiro atoms. The van der Waals surface area contributed by atoms with Gasteiger partial charge in [0.2, 0.25) is 0 Å². The van der Waals surface area contributed by atoms with Crippen LogP contribution in [0.4, 0.5) is 0 Å². The molecule has 0 saturated heterocycles.